The second-order valence-corrected chi connectivity index (χ2v) is 8.99. The summed E-state index contributed by atoms with van der Waals surface area (Å²) in [5.41, 5.74) is 8.45. The summed E-state index contributed by atoms with van der Waals surface area (Å²) in [5, 5.41) is 11.9. The molecule has 0 unspecified atom stereocenters. The molecule has 0 amide bonds. The first kappa shape index (κ1) is 22.3. The van der Waals surface area contributed by atoms with Crippen LogP contribution in [0.15, 0.2) is 146 Å². The van der Waals surface area contributed by atoms with Gasteiger partial charge in [0.15, 0.2) is 0 Å². The quantitative estimate of drug-likeness (QED) is 0.250. The van der Waals surface area contributed by atoms with Gasteiger partial charge in [-0.15, -0.1) is 0 Å². The Morgan fingerprint density at radius 3 is 1.57 bits per heavy atom. The Hall–Kier alpha value is -5.13. The molecule has 0 spiro atoms. The Bertz CT molecular complexity index is 1710. The van der Waals surface area contributed by atoms with Crippen LogP contribution in [0.3, 0.4) is 0 Å². The molecule has 0 aromatic heterocycles. The van der Waals surface area contributed by atoms with Gasteiger partial charge >= 0.3 is 0 Å². The molecule has 0 bridgehead atoms. The van der Waals surface area contributed by atoms with Crippen molar-refractivity contribution in [2.24, 2.45) is 0 Å². The van der Waals surface area contributed by atoms with Crippen LogP contribution in [0, 0.1) is 11.3 Å². The van der Waals surface area contributed by atoms with Crippen molar-refractivity contribution in [2.75, 3.05) is 4.90 Å². The SMILES string of the molecule is N#Cc1cccc(N(c2ccccc2)c2ccc(-c3cc4ccccc4cc3-c3ccccc3)cc2)c1. The summed E-state index contributed by atoms with van der Waals surface area (Å²) in [7, 11) is 0. The molecule has 174 valence electrons. The fourth-order valence-corrected chi connectivity index (χ4v) is 4.86. The van der Waals surface area contributed by atoms with E-state index in [0.29, 0.717) is 5.56 Å². The normalized spacial score (nSPS) is 10.7. The molecule has 0 aliphatic heterocycles. The summed E-state index contributed by atoms with van der Waals surface area (Å²) in [4.78, 5) is 2.18. The maximum atomic E-state index is 9.47. The molecule has 6 rings (SSSR count). The number of fused-ring (bicyclic) bond motifs is 1. The van der Waals surface area contributed by atoms with Crippen LogP contribution in [0.5, 0.6) is 0 Å². The van der Waals surface area contributed by atoms with Gasteiger partial charge in [-0.05, 0) is 87.6 Å². The smallest absolute Gasteiger partial charge is 0.0992 e. The van der Waals surface area contributed by atoms with Crippen LogP contribution < -0.4 is 4.90 Å². The number of benzene rings is 6. The van der Waals surface area contributed by atoms with Crippen molar-refractivity contribution in [3.63, 3.8) is 0 Å². The van der Waals surface area contributed by atoms with E-state index in [9.17, 15) is 5.26 Å². The van der Waals surface area contributed by atoms with E-state index in [0.717, 1.165) is 22.6 Å². The van der Waals surface area contributed by atoms with Crippen molar-refractivity contribution in [3.8, 4) is 28.3 Å². The zero-order valence-corrected chi connectivity index (χ0v) is 20.3. The Morgan fingerprint density at radius 1 is 0.432 bits per heavy atom. The number of nitrogens with zero attached hydrogens (tertiary/aromatic N) is 2. The molecule has 0 atom stereocenters. The molecule has 0 saturated carbocycles. The number of nitriles is 1. The van der Waals surface area contributed by atoms with Gasteiger partial charge in [0.1, 0.15) is 0 Å². The molecule has 37 heavy (non-hydrogen) atoms. The molecule has 6 aromatic carbocycles. The third-order valence-corrected chi connectivity index (χ3v) is 6.66. The van der Waals surface area contributed by atoms with Crippen LogP contribution in [0.2, 0.25) is 0 Å². The van der Waals surface area contributed by atoms with Crippen LogP contribution in [0.25, 0.3) is 33.0 Å². The predicted octanol–water partition coefficient (Wildman–Crippen LogP) is 9.52. The van der Waals surface area contributed by atoms with E-state index < -0.39 is 0 Å². The van der Waals surface area contributed by atoms with Crippen molar-refractivity contribution >= 4 is 27.8 Å². The van der Waals surface area contributed by atoms with E-state index in [1.165, 1.54) is 27.5 Å². The van der Waals surface area contributed by atoms with E-state index in [4.69, 9.17) is 0 Å². The highest BCUT2D eigenvalue weighted by atomic mass is 15.1. The highest BCUT2D eigenvalue weighted by molar-refractivity contribution is 5.96. The average Bonchev–Trinajstić information content (AvgIpc) is 2.98. The zero-order valence-electron chi connectivity index (χ0n) is 20.3. The van der Waals surface area contributed by atoms with Gasteiger partial charge in [-0.3, -0.25) is 0 Å². The molecule has 0 heterocycles. The topological polar surface area (TPSA) is 27.0 Å². The Labute approximate surface area is 217 Å². The van der Waals surface area contributed by atoms with Crippen molar-refractivity contribution in [1.82, 2.24) is 0 Å². The van der Waals surface area contributed by atoms with Crippen LogP contribution in [0.4, 0.5) is 17.1 Å². The summed E-state index contributed by atoms with van der Waals surface area (Å²) in [6.07, 6.45) is 0. The van der Waals surface area contributed by atoms with E-state index in [-0.39, 0.29) is 0 Å². The lowest BCUT2D eigenvalue weighted by Crippen LogP contribution is -2.09. The van der Waals surface area contributed by atoms with E-state index in [1.807, 2.05) is 42.5 Å². The number of hydrogen-bond donors (Lipinski definition) is 0. The molecular formula is C35H24N2. The lowest BCUT2D eigenvalue weighted by Gasteiger charge is -2.26. The first-order valence-electron chi connectivity index (χ1n) is 12.3. The number of rotatable bonds is 5. The van der Waals surface area contributed by atoms with Gasteiger partial charge in [0.05, 0.1) is 11.6 Å². The average molecular weight is 473 g/mol. The summed E-state index contributed by atoms with van der Waals surface area (Å²) in [5.74, 6) is 0. The van der Waals surface area contributed by atoms with Crippen molar-refractivity contribution in [1.29, 1.82) is 5.26 Å². The lowest BCUT2D eigenvalue weighted by molar-refractivity contribution is 1.28. The third kappa shape index (κ3) is 4.47. The van der Waals surface area contributed by atoms with Crippen molar-refractivity contribution < 1.29 is 0 Å². The molecule has 0 N–H and O–H groups in total. The first-order valence-corrected chi connectivity index (χ1v) is 12.3. The van der Waals surface area contributed by atoms with Gasteiger partial charge in [0, 0.05) is 17.1 Å². The fourth-order valence-electron chi connectivity index (χ4n) is 4.86. The molecule has 0 radical (unpaired) electrons. The second-order valence-electron chi connectivity index (χ2n) is 8.99. The number of para-hydroxylation sites is 1. The largest absolute Gasteiger partial charge is 0.310 e. The van der Waals surface area contributed by atoms with Gasteiger partial charge in [0.2, 0.25) is 0 Å². The fraction of sp³-hybridized carbons (Fsp3) is 0. The highest BCUT2D eigenvalue weighted by Crippen LogP contribution is 2.39. The van der Waals surface area contributed by atoms with Crippen LogP contribution in [-0.2, 0) is 0 Å². The van der Waals surface area contributed by atoms with Gasteiger partial charge in [-0.1, -0.05) is 91.0 Å². The molecule has 0 saturated heterocycles. The zero-order chi connectivity index (χ0) is 25.0. The minimum Gasteiger partial charge on any atom is -0.310 e. The van der Waals surface area contributed by atoms with Crippen LogP contribution >= 0.6 is 0 Å². The molecule has 0 aliphatic rings. The maximum Gasteiger partial charge on any atom is 0.0992 e. The molecule has 0 aliphatic carbocycles. The molecule has 6 aromatic rings. The standard InChI is InChI=1S/C35H24N2/c36-25-26-10-9-17-33(22-26)37(31-15-5-2-6-16-31)32-20-18-28(19-21-32)35-24-30-14-8-7-13-29(30)23-34(35)27-11-3-1-4-12-27/h1-24H. The van der Waals surface area contributed by atoms with Gasteiger partial charge in [-0.2, -0.15) is 5.26 Å². The monoisotopic (exact) mass is 472 g/mol. The van der Waals surface area contributed by atoms with Gasteiger partial charge < -0.3 is 4.90 Å². The minimum absolute atomic E-state index is 0.638. The van der Waals surface area contributed by atoms with Gasteiger partial charge in [-0.25, -0.2) is 0 Å². The van der Waals surface area contributed by atoms with E-state index >= 15 is 0 Å². The molecule has 2 nitrogen and oxygen atoms in total. The van der Waals surface area contributed by atoms with E-state index in [2.05, 4.69) is 114 Å². The van der Waals surface area contributed by atoms with Crippen molar-refractivity contribution in [3.05, 3.63) is 151 Å². The summed E-state index contributed by atoms with van der Waals surface area (Å²) in [6, 6.07) is 52.6. The Morgan fingerprint density at radius 2 is 0.946 bits per heavy atom. The molecule has 2 heteroatoms. The first-order chi connectivity index (χ1) is 18.3. The second kappa shape index (κ2) is 9.85. The summed E-state index contributed by atoms with van der Waals surface area (Å²) in [6.45, 7) is 0. The van der Waals surface area contributed by atoms with Crippen molar-refractivity contribution in [2.45, 2.75) is 0 Å². The minimum atomic E-state index is 0.638. The van der Waals surface area contributed by atoms with Crippen LogP contribution in [-0.4, -0.2) is 0 Å². The predicted molar refractivity (Wildman–Crippen MR) is 154 cm³/mol. The summed E-state index contributed by atoms with van der Waals surface area (Å²) >= 11 is 0. The molecular weight excluding hydrogens is 448 g/mol. The number of hydrogen-bond acceptors (Lipinski definition) is 2. The van der Waals surface area contributed by atoms with Crippen LogP contribution in [0.1, 0.15) is 5.56 Å². The van der Waals surface area contributed by atoms with Gasteiger partial charge in [0.25, 0.3) is 0 Å². The third-order valence-electron chi connectivity index (χ3n) is 6.66. The Balaban J connectivity index is 1.48. The molecule has 0 fully saturated rings. The lowest BCUT2D eigenvalue weighted by atomic mass is 9.91. The maximum absolute atomic E-state index is 9.47. The summed E-state index contributed by atoms with van der Waals surface area (Å²) < 4.78 is 0. The van der Waals surface area contributed by atoms with E-state index in [1.54, 1.807) is 0 Å². The highest BCUT2D eigenvalue weighted by Gasteiger charge is 2.14. The number of anilines is 3. The Kier molecular flexibility index (Phi) is 5.95.